The molecule has 2 aliphatic rings. The number of carbonyl (C=O) groups is 1. The Kier molecular flexibility index (Phi) is 5.49. The van der Waals surface area contributed by atoms with Crippen molar-refractivity contribution in [3.63, 3.8) is 0 Å². The van der Waals surface area contributed by atoms with Crippen molar-refractivity contribution in [1.82, 2.24) is 4.31 Å². The first kappa shape index (κ1) is 18.4. The Morgan fingerprint density at radius 1 is 1.20 bits per heavy atom. The highest BCUT2D eigenvalue weighted by Crippen LogP contribution is 2.49. The Balaban J connectivity index is 1.66. The molecule has 1 aromatic rings. The maximum atomic E-state index is 12.6. The van der Waals surface area contributed by atoms with E-state index in [1.165, 1.54) is 30.0 Å². The molecule has 25 heavy (non-hydrogen) atoms. The molecular formula is C19H28N2O3S. The monoisotopic (exact) mass is 364 g/mol. The van der Waals surface area contributed by atoms with Gasteiger partial charge in [-0.15, -0.1) is 0 Å². The van der Waals surface area contributed by atoms with E-state index in [1.807, 2.05) is 13.8 Å². The van der Waals surface area contributed by atoms with Gasteiger partial charge >= 0.3 is 0 Å². The minimum Gasteiger partial charge on any atom is -0.326 e. The number of amides is 1. The maximum Gasteiger partial charge on any atom is 0.243 e. The summed E-state index contributed by atoms with van der Waals surface area (Å²) in [5.41, 5.74) is 0.557. The summed E-state index contributed by atoms with van der Waals surface area (Å²) in [6, 6.07) is 6.58. The second-order valence-electron chi connectivity index (χ2n) is 7.30. The van der Waals surface area contributed by atoms with E-state index in [0.717, 1.165) is 5.92 Å². The second-order valence-corrected chi connectivity index (χ2v) is 9.24. The fourth-order valence-corrected chi connectivity index (χ4v) is 6.03. The van der Waals surface area contributed by atoms with Gasteiger partial charge in [0.25, 0.3) is 0 Å². The number of rotatable bonds is 7. The predicted molar refractivity (Wildman–Crippen MR) is 98.7 cm³/mol. The van der Waals surface area contributed by atoms with E-state index in [4.69, 9.17) is 0 Å². The van der Waals surface area contributed by atoms with Gasteiger partial charge in [-0.3, -0.25) is 4.79 Å². The van der Waals surface area contributed by atoms with E-state index >= 15 is 0 Å². The van der Waals surface area contributed by atoms with Crippen LogP contribution in [-0.2, 0) is 14.8 Å². The van der Waals surface area contributed by atoms with Crippen LogP contribution in [0.15, 0.2) is 29.2 Å². The Morgan fingerprint density at radius 3 is 2.56 bits per heavy atom. The minimum absolute atomic E-state index is 0.00469. The highest BCUT2D eigenvalue weighted by Gasteiger charge is 2.40. The first-order valence-corrected chi connectivity index (χ1v) is 10.8. The normalized spacial score (nSPS) is 25.5. The molecule has 0 unspecified atom stereocenters. The number of fused-ring (bicyclic) bond motifs is 2. The molecule has 138 valence electrons. The molecule has 2 bridgehead atoms. The maximum absolute atomic E-state index is 12.6. The van der Waals surface area contributed by atoms with Crippen LogP contribution in [-0.4, -0.2) is 31.7 Å². The highest BCUT2D eigenvalue weighted by molar-refractivity contribution is 7.89. The van der Waals surface area contributed by atoms with E-state index in [2.05, 4.69) is 5.32 Å². The lowest BCUT2D eigenvalue weighted by atomic mass is 9.86. The topological polar surface area (TPSA) is 66.5 Å². The highest BCUT2D eigenvalue weighted by atomic mass is 32.2. The van der Waals surface area contributed by atoms with Crippen LogP contribution in [0.4, 0.5) is 5.69 Å². The molecular weight excluding hydrogens is 336 g/mol. The minimum atomic E-state index is -3.51. The molecule has 2 aliphatic carbocycles. The quantitative estimate of drug-likeness (QED) is 0.805. The van der Waals surface area contributed by atoms with Crippen molar-refractivity contribution >= 4 is 21.6 Å². The third-order valence-corrected chi connectivity index (χ3v) is 7.84. The predicted octanol–water partition coefficient (Wildman–Crippen LogP) is 3.48. The third-order valence-electron chi connectivity index (χ3n) is 5.79. The Labute approximate surface area is 150 Å². The fraction of sp³-hybridized carbons (Fsp3) is 0.632. The summed E-state index contributed by atoms with van der Waals surface area (Å²) in [5.74, 6) is 2.03. The van der Waals surface area contributed by atoms with Crippen molar-refractivity contribution in [2.24, 2.45) is 17.8 Å². The van der Waals surface area contributed by atoms with Gasteiger partial charge in [0.05, 0.1) is 4.90 Å². The zero-order chi connectivity index (χ0) is 18.0. The average Bonchev–Trinajstić information content (AvgIpc) is 3.18. The van der Waals surface area contributed by atoms with Gasteiger partial charge in [0, 0.05) is 25.2 Å². The molecule has 0 heterocycles. The molecule has 3 rings (SSSR count). The molecule has 0 radical (unpaired) electrons. The lowest BCUT2D eigenvalue weighted by Crippen LogP contribution is -2.30. The molecule has 2 fully saturated rings. The Bertz CT molecular complexity index is 728. The molecule has 1 N–H and O–H groups in total. The molecule has 3 atom stereocenters. The zero-order valence-corrected chi connectivity index (χ0v) is 15.9. The van der Waals surface area contributed by atoms with Crippen LogP contribution in [0.2, 0.25) is 0 Å². The number of nitrogens with one attached hydrogen (secondary N) is 1. The molecule has 5 nitrogen and oxygen atoms in total. The average molecular weight is 365 g/mol. The van der Waals surface area contributed by atoms with Crippen molar-refractivity contribution in [1.29, 1.82) is 0 Å². The van der Waals surface area contributed by atoms with Crippen molar-refractivity contribution in [3.8, 4) is 0 Å². The van der Waals surface area contributed by atoms with E-state index in [1.54, 1.807) is 24.3 Å². The Morgan fingerprint density at radius 2 is 1.96 bits per heavy atom. The summed E-state index contributed by atoms with van der Waals surface area (Å²) in [6.07, 6.45) is 5.60. The number of hydrogen-bond acceptors (Lipinski definition) is 3. The summed E-state index contributed by atoms with van der Waals surface area (Å²) in [6.45, 7) is 4.50. The summed E-state index contributed by atoms with van der Waals surface area (Å²) < 4.78 is 26.6. The largest absolute Gasteiger partial charge is 0.326 e. The molecule has 0 spiro atoms. The number of carbonyl (C=O) groups excluding carboxylic acids is 1. The lowest BCUT2D eigenvalue weighted by molar-refractivity contribution is -0.117. The Hall–Kier alpha value is -1.40. The van der Waals surface area contributed by atoms with Gasteiger partial charge in [-0.2, -0.15) is 4.31 Å². The number of hydrogen-bond donors (Lipinski definition) is 1. The van der Waals surface area contributed by atoms with E-state index in [-0.39, 0.29) is 10.8 Å². The van der Waals surface area contributed by atoms with Crippen LogP contribution >= 0.6 is 0 Å². The second kappa shape index (κ2) is 7.46. The molecule has 0 aliphatic heterocycles. The molecule has 1 aromatic carbocycles. The summed E-state index contributed by atoms with van der Waals surface area (Å²) >= 11 is 0. The standard InChI is InChI=1S/C19H28N2O3S/c1-3-21(4-2)25(23,24)18-7-5-6-17(13-18)20-19(22)12-16-11-14-8-9-15(16)10-14/h5-7,13-16H,3-4,8-12H2,1-2H3,(H,20,22)/t14-,15-,16+/m1/s1. The summed E-state index contributed by atoms with van der Waals surface area (Å²) in [7, 11) is -3.51. The van der Waals surface area contributed by atoms with E-state index in [0.29, 0.717) is 37.0 Å². The first-order chi connectivity index (χ1) is 11.9. The molecule has 2 saturated carbocycles. The van der Waals surface area contributed by atoms with Crippen LogP contribution in [0.5, 0.6) is 0 Å². The first-order valence-electron chi connectivity index (χ1n) is 9.34. The van der Waals surface area contributed by atoms with Gasteiger partial charge in [0.1, 0.15) is 0 Å². The SMILES string of the molecule is CCN(CC)S(=O)(=O)c1cccc(NC(=O)C[C@@H]2C[C@@H]3CC[C@@H]2C3)c1. The van der Waals surface area contributed by atoms with Gasteiger partial charge in [0.2, 0.25) is 15.9 Å². The molecule has 0 aromatic heterocycles. The molecule has 1 amide bonds. The molecule has 0 saturated heterocycles. The van der Waals surface area contributed by atoms with Gasteiger partial charge in [-0.1, -0.05) is 26.3 Å². The van der Waals surface area contributed by atoms with Gasteiger partial charge in [-0.05, 0) is 55.2 Å². The van der Waals surface area contributed by atoms with Crippen molar-refractivity contribution in [2.45, 2.75) is 50.8 Å². The van der Waals surface area contributed by atoms with Crippen molar-refractivity contribution in [3.05, 3.63) is 24.3 Å². The van der Waals surface area contributed by atoms with Crippen LogP contribution in [0.1, 0.15) is 46.0 Å². The van der Waals surface area contributed by atoms with Crippen LogP contribution in [0.25, 0.3) is 0 Å². The lowest BCUT2D eigenvalue weighted by Gasteiger charge is -2.21. The van der Waals surface area contributed by atoms with Gasteiger partial charge in [-0.25, -0.2) is 8.42 Å². The number of anilines is 1. The summed E-state index contributed by atoms with van der Waals surface area (Å²) in [5, 5.41) is 2.89. The van der Waals surface area contributed by atoms with E-state index < -0.39 is 10.0 Å². The van der Waals surface area contributed by atoms with Gasteiger partial charge < -0.3 is 5.32 Å². The fourth-order valence-electron chi connectivity index (χ4n) is 4.52. The van der Waals surface area contributed by atoms with Gasteiger partial charge in [0.15, 0.2) is 0 Å². The number of benzene rings is 1. The van der Waals surface area contributed by atoms with Crippen molar-refractivity contribution < 1.29 is 13.2 Å². The van der Waals surface area contributed by atoms with Crippen LogP contribution < -0.4 is 5.32 Å². The molecule has 6 heteroatoms. The van der Waals surface area contributed by atoms with Crippen LogP contribution in [0.3, 0.4) is 0 Å². The van der Waals surface area contributed by atoms with Crippen molar-refractivity contribution in [2.75, 3.05) is 18.4 Å². The number of sulfonamides is 1. The van der Waals surface area contributed by atoms with Crippen LogP contribution in [0, 0.1) is 17.8 Å². The van der Waals surface area contributed by atoms with E-state index in [9.17, 15) is 13.2 Å². The smallest absolute Gasteiger partial charge is 0.243 e. The zero-order valence-electron chi connectivity index (χ0n) is 15.1. The number of nitrogens with zero attached hydrogens (tertiary/aromatic N) is 1. The summed E-state index contributed by atoms with van der Waals surface area (Å²) in [4.78, 5) is 12.6. The third kappa shape index (κ3) is 3.90.